The van der Waals surface area contributed by atoms with Crippen molar-refractivity contribution in [2.24, 2.45) is 0 Å². The van der Waals surface area contributed by atoms with Crippen LogP contribution >= 0.6 is 0 Å². The molecule has 8 nitrogen and oxygen atoms in total. The van der Waals surface area contributed by atoms with Crippen molar-refractivity contribution in [1.29, 1.82) is 0 Å². The highest BCUT2D eigenvalue weighted by Crippen LogP contribution is 2.15. The molecule has 0 unspecified atom stereocenters. The van der Waals surface area contributed by atoms with Gasteiger partial charge >= 0.3 is 0 Å². The van der Waals surface area contributed by atoms with E-state index in [1.807, 2.05) is 23.8 Å². The molecule has 0 spiro atoms. The standard InChI is InChI=1S/C17H16N4O4S/c1-11-4-3-5-16-19-15(10-21(11)16)17(23)18-13-6-8-14(9-7-13)26(24,25)20-12(2)22/h3-10H,1-2H3,(H,18,23)(H,20,22). The van der Waals surface area contributed by atoms with Crippen LogP contribution in [-0.4, -0.2) is 29.6 Å². The summed E-state index contributed by atoms with van der Waals surface area (Å²) in [5, 5.41) is 2.66. The summed E-state index contributed by atoms with van der Waals surface area (Å²) >= 11 is 0. The van der Waals surface area contributed by atoms with Gasteiger partial charge in [0.1, 0.15) is 11.3 Å². The Morgan fingerprint density at radius 3 is 2.38 bits per heavy atom. The molecule has 2 amide bonds. The summed E-state index contributed by atoms with van der Waals surface area (Å²) in [4.78, 5) is 27.5. The minimum absolute atomic E-state index is 0.0750. The molecule has 0 aliphatic carbocycles. The van der Waals surface area contributed by atoms with Crippen LogP contribution in [0.4, 0.5) is 5.69 Å². The zero-order valence-electron chi connectivity index (χ0n) is 14.1. The van der Waals surface area contributed by atoms with Crippen molar-refractivity contribution in [3.63, 3.8) is 0 Å². The molecular formula is C17H16N4O4S. The summed E-state index contributed by atoms with van der Waals surface area (Å²) in [7, 11) is -3.91. The fourth-order valence-corrected chi connectivity index (χ4v) is 3.41. The molecule has 0 bridgehead atoms. The van der Waals surface area contributed by atoms with Crippen LogP contribution in [0.5, 0.6) is 0 Å². The van der Waals surface area contributed by atoms with E-state index in [4.69, 9.17) is 0 Å². The van der Waals surface area contributed by atoms with Gasteiger partial charge < -0.3 is 9.72 Å². The van der Waals surface area contributed by atoms with Gasteiger partial charge in [-0.15, -0.1) is 0 Å². The van der Waals surface area contributed by atoms with Crippen LogP contribution in [-0.2, 0) is 14.8 Å². The Balaban J connectivity index is 1.79. The second-order valence-corrected chi connectivity index (χ2v) is 7.34. The van der Waals surface area contributed by atoms with Gasteiger partial charge in [0.2, 0.25) is 5.91 Å². The summed E-state index contributed by atoms with van der Waals surface area (Å²) in [6, 6.07) is 11.0. The van der Waals surface area contributed by atoms with E-state index in [1.54, 1.807) is 16.7 Å². The van der Waals surface area contributed by atoms with E-state index in [0.717, 1.165) is 12.6 Å². The number of nitrogens with zero attached hydrogens (tertiary/aromatic N) is 2. The number of carbonyl (C=O) groups excluding carboxylic acids is 2. The van der Waals surface area contributed by atoms with Gasteiger partial charge in [0.05, 0.1) is 4.90 Å². The van der Waals surface area contributed by atoms with Gasteiger partial charge in [0.15, 0.2) is 0 Å². The number of benzene rings is 1. The lowest BCUT2D eigenvalue weighted by atomic mass is 10.3. The van der Waals surface area contributed by atoms with Crippen molar-refractivity contribution in [2.45, 2.75) is 18.7 Å². The first-order valence-electron chi connectivity index (χ1n) is 7.66. The maximum atomic E-state index is 12.4. The summed E-state index contributed by atoms with van der Waals surface area (Å²) in [6.45, 7) is 3.02. The van der Waals surface area contributed by atoms with Gasteiger partial charge in [0.25, 0.3) is 15.9 Å². The molecule has 0 aliphatic heterocycles. The van der Waals surface area contributed by atoms with Crippen LogP contribution in [0.25, 0.3) is 5.65 Å². The Morgan fingerprint density at radius 2 is 1.77 bits per heavy atom. The third kappa shape index (κ3) is 3.57. The fraction of sp³-hybridized carbons (Fsp3) is 0.118. The topological polar surface area (TPSA) is 110 Å². The molecule has 1 aromatic carbocycles. The maximum Gasteiger partial charge on any atom is 0.275 e. The molecule has 134 valence electrons. The van der Waals surface area contributed by atoms with Crippen molar-refractivity contribution in [3.8, 4) is 0 Å². The number of hydrogen-bond acceptors (Lipinski definition) is 5. The van der Waals surface area contributed by atoms with Gasteiger partial charge in [-0.25, -0.2) is 18.1 Å². The number of aryl methyl sites for hydroxylation is 1. The molecule has 0 saturated carbocycles. The number of aromatic nitrogens is 2. The van der Waals surface area contributed by atoms with Crippen LogP contribution < -0.4 is 10.0 Å². The Morgan fingerprint density at radius 1 is 1.08 bits per heavy atom. The number of fused-ring (bicyclic) bond motifs is 1. The molecule has 0 saturated heterocycles. The number of pyridine rings is 1. The van der Waals surface area contributed by atoms with Crippen molar-refractivity contribution >= 4 is 33.2 Å². The number of rotatable bonds is 4. The predicted octanol–water partition coefficient (Wildman–Crippen LogP) is 1.72. The van der Waals surface area contributed by atoms with E-state index >= 15 is 0 Å². The molecule has 2 aromatic heterocycles. The lowest BCUT2D eigenvalue weighted by Gasteiger charge is -2.06. The number of nitrogens with one attached hydrogen (secondary N) is 2. The molecule has 3 aromatic rings. The van der Waals surface area contributed by atoms with E-state index in [2.05, 4.69) is 10.3 Å². The monoisotopic (exact) mass is 372 g/mol. The Labute approximate surface area is 149 Å². The third-order valence-corrected chi connectivity index (χ3v) is 5.08. The average molecular weight is 372 g/mol. The first-order chi connectivity index (χ1) is 12.3. The predicted molar refractivity (Wildman–Crippen MR) is 95.3 cm³/mol. The average Bonchev–Trinajstić information content (AvgIpc) is 3.00. The number of imidazole rings is 1. The summed E-state index contributed by atoms with van der Waals surface area (Å²) < 4.78 is 27.5. The van der Waals surface area contributed by atoms with Gasteiger partial charge in [0, 0.05) is 24.5 Å². The fourth-order valence-electron chi connectivity index (χ4n) is 2.42. The van der Waals surface area contributed by atoms with E-state index < -0.39 is 21.8 Å². The van der Waals surface area contributed by atoms with Gasteiger partial charge in [-0.2, -0.15) is 0 Å². The van der Waals surface area contributed by atoms with Gasteiger partial charge in [-0.3, -0.25) is 9.59 Å². The summed E-state index contributed by atoms with van der Waals surface area (Å²) in [5.41, 5.74) is 2.26. The van der Waals surface area contributed by atoms with Gasteiger partial charge in [-0.05, 0) is 43.3 Å². The van der Waals surface area contributed by atoms with Crippen LogP contribution in [0.1, 0.15) is 23.1 Å². The molecular weight excluding hydrogens is 356 g/mol. The lowest BCUT2D eigenvalue weighted by molar-refractivity contribution is -0.117. The molecule has 3 rings (SSSR count). The molecule has 0 aliphatic rings. The van der Waals surface area contributed by atoms with Gasteiger partial charge in [-0.1, -0.05) is 6.07 Å². The number of anilines is 1. The highest BCUT2D eigenvalue weighted by molar-refractivity contribution is 7.90. The number of sulfonamides is 1. The van der Waals surface area contributed by atoms with Crippen LogP contribution in [0, 0.1) is 6.92 Å². The largest absolute Gasteiger partial charge is 0.321 e. The lowest BCUT2D eigenvalue weighted by Crippen LogP contribution is -2.28. The zero-order valence-corrected chi connectivity index (χ0v) is 14.9. The molecule has 0 fully saturated rings. The summed E-state index contributed by atoms with van der Waals surface area (Å²) in [6.07, 6.45) is 1.63. The van der Waals surface area contributed by atoms with Crippen LogP contribution in [0.2, 0.25) is 0 Å². The molecule has 2 N–H and O–H groups in total. The second-order valence-electron chi connectivity index (χ2n) is 5.66. The highest BCUT2D eigenvalue weighted by Gasteiger charge is 2.16. The minimum atomic E-state index is -3.91. The highest BCUT2D eigenvalue weighted by atomic mass is 32.2. The molecule has 9 heteroatoms. The number of hydrogen-bond donors (Lipinski definition) is 2. The molecule has 26 heavy (non-hydrogen) atoms. The smallest absolute Gasteiger partial charge is 0.275 e. The van der Waals surface area contributed by atoms with Crippen molar-refractivity contribution in [3.05, 3.63) is 60.0 Å². The third-order valence-electron chi connectivity index (χ3n) is 3.63. The first kappa shape index (κ1) is 17.6. The number of amides is 2. The normalized spacial score (nSPS) is 11.3. The van der Waals surface area contributed by atoms with E-state index in [1.165, 1.54) is 24.3 Å². The zero-order chi connectivity index (χ0) is 18.9. The molecule has 0 atom stereocenters. The molecule has 2 heterocycles. The minimum Gasteiger partial charge on any atom is -0.321 e. The van der Waals surface area contributed by atoms with Crippen molar-refractivity contribution in [2.75, 3.05) is 5.32 Å². The summed E-state index contributed by atoms with van der Waals surface area (Å²) in [5.74, 6) is -1.09. The van der Waals surface area contributed by atoms with Crippen LogP contribution in [0.15, 0.2) is 53.6 Å². The van der Waals surface area contributed by atoms with E-state index in [-0.39, 0.29) is 10.6 Å². The first-order valence-corrected chi connectivity index (χ1v) is 9.14. The quantitative estimate of drug-likeness (QED) is 0.725. The second kappa shape index (κ2) is 6.60. The Kier molecular flexibility index (Phi) is 4.47. The van der Waals surface area contributed by atoms with Crippen molar-refractivity contribution in [1.82, 2.24) is 14.1 Å². The van der Waals surface area contributed by atoms with E-state index in [9.17, 15) is 18.0 Å². The van der Waals surface area contributed by atoms with E-state index in [0.29, 0.717) is 11.3 Å². The number of carbonyl (C=O) groups is 2. The molecule has 0 radical (unpaired) electrons. The van der Waals surface area contributed by atoms with Crippen molar-refractivity contribution < 1.29 is 18.0 Å². The SMILES string of the molecule is CC(=O)NS(=O)(=O)c1ccc(NC(=O)c2cn3c(C)cccc3n2)cc1. The Hall–Kier alpha value is -3.20. The maximum absolute atomic E-state index is 12.4. The Bertz CT molecular complexity index is 1100. The van der Waals surface area contributed by atoms with Crippen LogP contribution in [0.3, 0.4) is 0 Å².